The van der Waals surface area contributed by atoms with E-state index >= 15 is 0 Å². The molecule has 0 saturated carbocycles. The number of unbranched alkanes of at least 4 members (excludes halogenated alkanes) is 27. The minimum atomic E-state index is -1.98. The molecule has 19 heteroatoms. The summed E-state index contributed by atoms with van der Waals surface area (Å²) in [6.07, 6.45) is 28.4. The summed E-state index contributed by atoms with van der Waals surface area (Å²) in [4.78, 5) is 13.3. The molecule has 3 heterocycles. The van der Waals surface area contributed by atoms with Gasteiger partial charge in [0, 0.05) is 6.42 Å². The number of carbonyl (C=O) groups is 1. The summed E-state index contributed by atoms with van der Waals surface area (Å²) in [7, 11) is 0. The van der Waals surface area contributed by atoms with E-state index < -0.39 is 124 Å². The number of amides is 1. The van der Waals surface area contributed by atoms with Gasteiger partial charge in [-0.1, -0.05) is 204 Å². The molecule has 0 bridgehead atoms. The van der Waals surface area contributed by atoms with Crippen molar-refractivity contribution in [3.8, 4) is 0 Å². The maximum atomic E-state index is 13.3. The first-order valence-corrected chi connectivity index (χ1v) is 32.9. The third-order valence-corrected chi connectivity index (χ3v) is 16.3. The van der Waals surface area contributed by atoms with E-state index in [2.05, 4.69) is 55.6 Å². The van der Waals surface area contributed by atoms with Gasteiger partial charge in [-0.25, -0.2) is 0 Å². The lowest BCUT2D eigenvalue weighted by molar-refractivity contribution is -0.379. The summed E-state index contributed by atoms with van der Waals surface area (Å²) in [5.41, 5.74) is 0. The predicted molar refractivity (Wildman–Crippen MR) is 323 cm³/mol. The molecule has 0 spiro atoms. The normalized spacial score (nSPS) is 29.5. The van der Waals surface area contributed by atoms with E-state index in [0.29, 0.717) is 12.8 Å². The van der Waals surface area contributed by atoms with Crippen LogP contribution in [0.15, 0.2) is 48.6 Å². The third kappa shape index (κ3) is 30.3. The van der Waals surface area contributed by atoms with Crippen LogP contribution >= 0.6 is 0 Å². The zero-order valence-corrected chi connectivity index (χ0v) is 51.4. The molecular weight excluding hydrogens is 1080 g/mol. The Labute approximate surface area is 503 Å². The Bertz CT molecular complexity index is 1720. The molecule has 84 heavy (non-hydrogen) atoms. The van der Waals surface area contributed by atoms with Gasteiger partial charge in [-0.05, 0) is 64.2 Å². The fourth-order valence-electron chi connectivity index (χ4n) is 10.9. The van der Waals surface area contributed by atoms with E-state index in [0.717, 1.165) is 64.2 Å². The minimum absolute atomic E-state index is 0.220. The minimum Gasteiger partial charge on any atom is -0.394 e. The summed E-state index contributed by atoms with van der Waals surface area (Å²) < 4.78 is 34.2. The largest absolute Gasteiger partial charge is 0.394 e. The van der Waals surface area contributed by atoms with E-state index in [9.17, 15) is 61.0 Å². The first kappa shape index (κ1) is 76.0. The molecule has 0 aliphatic carbocycles. The summed E-state index contributed by atoms with van der Waals surface area (Å²) in [6.45, 7) is 1.65. The van der Waals surface area contributed by atoms with Crippen LogP contribution < -0.4 is 5.32 Å². The molecule has 0 radical (unpaired) electrons. The van der Waals surface area contributed by atoms with Gasteiger partial charge >= 0.3 is 0 Å². The molecule has 17 unspecified atom stereocenters. The van der Waals surface area contributed by atoms with Crippen LogP contribution in [-0.2, 0) is 33.2 Å². The van der Waals surface area contributed by atoms with Gasteiger partial charge in [0.05, 0.1) is 38.6 Å². The molecule has 1 amide bonds. The van der Waals surface area contributed by atoms with Crippen LogP contribution in [0.3, 0.4) is 0 Å². The number of aliphatic hydroxyl groups is 11. The Balaban J connectivity index is 1.44. The van der Waals surface area contributed by atoms with Crippen LogP contribution in [0.1, 0.15) is 226 Å². The topological polar surface area (TPSA) is 307 Å². The van der Waals surface area contributed by atoms with Crippen LogP contribution in [0.4, 0.5) is 0 Å². The standard InChI is InChI=1S/C65H117NO18/c1-3-5-7-9-11-13-15-16-17-18-19-20-21-22-23-24-25-26-27-28-29-30-31-33-34-36-38-40-42-49(70)48(66-53(71)43-41-39-37-35-32-14-12-10-8-6-4-2)47-79-63-59(77)56(74)61(51(45-68)81-63)84-65-60(78)57(75)62(52(46-69)82-65)83-64-58(76)55(73)54(72)50(44-67)80-64/h10,12,28-29,33-34,40,42,48-52,54-65,67-70,72-78H,3-9,11,13-27,30-32,35-39,41,43-47H2,1-2H3,(H,66,71)/b12-10-,29-28+,34-33+,42-40+. The highest BCUT2D eigenvalue weighted by Gasteiger charge is 2.53. The smallest absolute Gasteiger partial charge is 0.220 e. The lowest BCUT2D eigenvalue weighted by Crippen LogP contribution is -2.66. The number of allylic oxidation sites excluding steroid dienone is 7. The number of carbonyl (C=O) groups excluding carboxylic acids is 1. The van der Waals surface area contributed by atoms with Crippen LogP contribution in [0.5, 0.6) is 0 Å². The Morgan fingerprint density at radius 3 is 1.23 bits per heavy atom. The van der Waals surface area contributed by atoms with Crippen LogP contribution in [0, 0.1) is 0 Å². The Kier molecular flexibility index (Phi) is 43.2. The van der Waals surface area contributed by atoms with Gasteiger partial charge in [-0.15, -0.1) is 0 Å². The maximum absolute atomic E-state index is 13.3. The molecule has 19 nitrogen and oxygen atoms in total. The van der Waals surface area contributed by atoms with E-state index in [1.54, 1.807) is 6.08 Å². The Hall–Kier alpha value is -2.25. The fraction of sp³-hybridized carbons (Fsp3) is 0.862. The highest BCUT2D eigenvalue weighted by Crippen LogP contribution is 2.33. The van der Waals surface area contributed by atoms with Crippen molar-refractivity contribution in [3.63, 3.8) is 0 Å². The molecule has 3 rings (SSSR count). The van der Waals surface area contributed by atoms with Crippen molar-refractivity contribution < 1.29 is 89.4 Å². The van der Waals surface area contributed by atoms with Crippen LogP contribution in [0.25, 0.3) is 0 Å². The summed E-state index contributed by atoms with van der Waals surface area (Å²) in [5.74, 6) is -0.302. The molecule has 490 valence electrons. The zero-order chi connectivity index (χ0) is 61.2. The predicted octanol–water partition coefficient (Wildman–Crippen LogP) is 7.43. The summed E-state index contributed by atoms with van der Waals surface area (Å²) >= 11 is 0. The van der Waals surface area contributed by atoms with Gasteiger partial charge in [-0.2, -0.15) is 0 Å². The number of rotatable bonds is 49. The second kappa shape index (κ2) is 47.7. The molecular formula is C65H117NO18. The molecule has 0 aromatic rings. The van der Waals surface area contributed by atoms with E-state index in [1.807, 2.05) is 6.08 Å². The zero-order valence-electron chi connectivity index (χ0n) is 51.4. The van der Waals surface area contributed by atoms with Crippen molar-refractivity contribution in [2.75, 3.05) is 26.4 Å². The number of nitrogens with one attached hydrogen (secondary N) is 1. The lowest BCUT2D eigenvalue weighted by Gasteiger charge is -2.48. The molecule has 3 saturated heterocycles. The van der Waals surface area contributed by atoms with E-state index in [1.165, 1.54) is 128 Å². The van der Waals surface area contributed by atoms with Crippen molar-refractivity contribution >= 4 is 5.91 Å². The number of hydrogen-bond donors (Lipinski definition) is 12. The first-order valence-electron chi connectivity index (χ1n) is 32.9. The van der Waals surface area contributed by atoms with E-state index in [-0.39, 0.29) is 18.9 Å². The van der Waals surface area contributed by atoms with Crippen molar-refractivity contribution in [1.82, 2.24) is 5.32 Å². The van der Waals surface area contributed by atoms with Crippen LogP contribution in [0.2, 0.25) is 0 Å². The lowest BCUT2D eigenvalue weighted by atomic mass is 9.96. The molecule has 3 aliphatic heterocycles. The summed E-state index contributed by atoms with van der Waals surface area (Å²) in [6, 6.07) is -1.00. The van der Waals surface area contributed by atoms with Gasteiger partial charge in [0.25, 0.3) is 0 Å². The van der Waals surface area contributed by atoms with Crippen molar-refractivity contribution in [2.45, 2.75) is 330 Å². The van der Waals surface area contributed by atoms with Gasteiger partial charge in [0.15, 0.2) is 18.9 Å². The number of hydrogen-bond acceptors (Lipinski definition) is 18. The SMILES string of the molecule is CCCC/C=C\CCCCCCCC(=O)NC(COC1OC(CO)C(OC2OC(CO)C(OC3OC(CO)C(O)C(O)C3O)C(O)C2O)C(O)C1O)C(O)/C=C/CC/C=C/CC/C=C/CCCCCCCCCCCCCCCCCCCC. The molecule has 17 atom stereocenters. The highest BCUT2D eigenvalue weighted by molar-refractivity contribution is 5.76. The summed E-state index contributed by atoms with van der Waals surface area (Å²) in [5, 5.41) is 120. The molecule has 0 aromatic heterocycles. The maximum Gasteiger partial charge on any atom is 0.220 e. The quantitative estimate of drug-likeness (QED) is 0.0208. The second-order valence-corrected chi connectivity index (χ2v) is 23.6. The molecule has 0 aromatic carbocycles. The average molecular weight is 1200 g/mol. The third-order valence-electron chi connectivity index (χ3n) is 16.3. The van der Waals surface area contributed by atoms with Gasteiger partial charge in [0.2, 0.25) is 5.91 Å². The van der Waals surface area contributed by atoms with Gasteiger partial charge < -0.3 is 89.9 Å². The average Bonchev–Trinajstić information content (AvgIpc) is 3.69. The van der Waals surface area contributed by atoms with Crippen molar-refractivity contribution in [2.24, 2.45) is 0 Å². The number of ether oxygens (including phenoxy) is 6. The Morgan fingerprint density at radius 1 is 0.417 bits per heavy atom. The number of aliphatic hydroxyl groups excluding tert-OH is 11. The van der Waals surface area contributed by atoms with Crippen molar-refractivity contribution in [1.29, 1.82) is 0 Å². The second-order valence-electron chi connectivity index (χ2n) is 23.6. The first-order chi connectivity index (χ1) is 40.8. The molecule has 12 N–H and O–H groups in total. The van der Waals surface area contributed by atoms with Gasteiger partial charge in [-0.3, -0.25) is 4.79 Å². The van der Waals surface area contributed by atoms with Crippen LogP contribution in [-0.4, -0.2) is 193 Å². The Morgan fingerprint density at radius 2 is 0.774 bits per heavy atom. The van der Waals surface area contributed by atoms with Crippen molar-refractivity contribution in [3.05, 3.63) is 48.6 Å². The molecule has 3 aliphatic rings. The van der Waals surface area contributed by atoms with Gasteiger partial charge in [0.1, 0.15) is 73.2 Å². The van der Waals surface area contributed by atoms with E-state index in [4.69, 9.17) is 28.4 Å². The fourth-order valence-corrected chi connectivity index (χ4v) is 10.9. The monoisotopic (exact) mass is 1200 g/mol. The highest BCUT2D eigenvalue weighted by atomic mass is 16.8. The molecule has 3 fully saturated rings.